The fraction of sp³-hybridized carbons (Fsp3) is 0.778. The van der Waals surface area contributed by atoms with E-state index < -0.39 is 0 Å². The third-order valence-electron chi connectivity index (χ3n) is 1.72. The van der Waals surface area contributed by atoms with E-state index >= 15 is 0 Å². The van der Waals surface area contributed by atoms with Crippen LogP contribution in [0.5, 0.6) is 0 Å². The van der Waals surface area contributed by atoms with Crippen molar-refractivity contribution < 1.29 is 0 Å². The Morgan fingerprint density at radius 1 is 1.40 bits per heavy atom. The predicted molar refractivity (Wildman–Crippen MR) is 47.0 cm³/mol. The van der Waals surface area contributed by atoms with Crippen molar-refractivity contribution in [3.63, 3.8) is 0 Å². The van der Waals surface area contributed by atoms with Crippen LogP contribution in [0.25, 0.3) is 0 Å². The summed E-state index contributed by atoms with van der Waals surface area (Å²) in [5.74, 6) is 0. The topological polar surface area (TPSA) is 12.0 Å². The zero-order valence-corrected chi connectivity index (χ0v) is 7.41. The van der Waals surface area contributed by atoms with Gasteiger partial charge in [-0.25, -0.2) is 0 Å². The maximum absolute atomic E-state index is 3.17. The highest BCUT2D eigenvalue weighted by molar-refractivity contribution is 4.95. The van der Waals surface area contributed by atoms with Gasteiger partial charge in [-0.3, -0.25) is 0 Å². The average Bonchev–Trinajstić information content (AvgIpc) is 1.99. The third-order valence-corrected chi connectivity index (χ3v) is 1.72. The summed E-state index contributed by atoms with van der Waals surface area (Å²) < 4.78 is 0. The van der Waals surface area contributed by atoms with E-state index in [0.29, 0.717) is 0 Å². The molecule has 1 heteroatoms. The summed E-state index contributed by atoms with van der Waals surface area (Å²) in [5, 5.41) is 3.17. The summed E-state index contributed by atoms with van der Waals surface area (Å²) in [6.07, 6.45) is 7.33. The zero-order chi connectivity index (χ0) is 7.82. The maximum Gasteiger partial charge on any atom is 0.00607 e. The smallest absolute Gasteiger partial charge is 0.00607 e. The molecule has 0 radical (unpaired) electrons. The Labute approximate surface area is 64.5 Å². The second kappa shape index (κ2) is 6.66. The molecule has 10 heavy (non-hydrogen) atoms. The predicted octanol–water partition coefficient (Wildman–Crippen LogP) is 2.69. The Balaban J connectivity index is 3.27. The first kappa shape index (κ1) is 9.54. The van der Waals surface area contributed by atoms with Crippen molar-refractivity contribution in [3.05, 3.63) is 11.8 Å². The van der Waals surface area contributed by atoms with Crippen molar-refractivity contribution in [1.82, 2.24) is 5.32 Å². The van der Waals surface area contributed by atoms with E-state index in [0.717, 1.165) is 0 Å². The van der Waals surface area contributed by atoms with Gasteiger partial charge >= 0.3 is 0 Å². The minimum atomic E-state index is 1.21. The molecule has 0 aromatic rings. The first-order valence-electron chi connectivity index (χ1n) is 4.18. The van der Waals surface area contributed by atoms with Crippen LogP contribution in [0.3, 0.4) is 0 Å². The zero-order valence-electron chi connectivity index (χ0n) is 7.41. The molecule has 0 aliphatic heterocycles. The summed E-state index contributed by atoms with van der Waals surface area (Å²) in [6.45, 7) is 4.31. The normalized spacial score (nSPS) is 11.7. The van der Waals surface area contributed by atoms with Gasteiger partial charge in [-0.2, -0.15) is 0 Å². The summed E-state index contributed by atoms with van der Waals surface area (Å²) >= 11 is 0. The molecule has 0 aliphatic carbocycles. The van der Waals surface area contributed by atoms with Gasteiger partial charge in [0, 0.05) is 12.7 Å². The van der Waals surface area contributed by atoms with Gasteiger partial charge in [-0.05, 0) is 19.8 Å². The number of hydrogen-bond donors (Lipinski definition) is 1. The summed E-state index contributed by atoms with van der Waals surface area (Å²) in [5.41, 5.74) is 1.37. The van der Waals surface area contributed by atoms with E-state index in [4.69, 9.17) is 0 Å². The number of hydrogen-bond acceptors (Lipinski definition) is 1. The molecule has 0 saturated heterocycles. The second-order valence-corrected chi connectivity index (χ2v) is 2.52. The molecule has 0 spiro atoms. The van der Waals surface area contributed by atoms with Gasteiger partial charge < -0.3 is 5.32 Å². The minimum Gasteiger partial charge on any atom is -0.392 e. The highest BCUT2D eigenvalue weighted by atomic mass is 14.8. The molecule has 1 nitrogen and oxygen atoms in total. The van der Waals surface area contributed by atoms with Crippen molar-refractivity contribution >= 4 is 0 Å². The fourth-order valence-corrected chi connectivity index (χ4v) is 0.979. The van der Waals surface area contributed by atoms with Gasteiger partial charge in [0.25, 0.3) is 0 Å². The highest BCUT2D eigenvalue weighted by Crippen LogP contribution is 2.04. The number of rotatable bonds is 5. The van der Waals surface area contributed by atoms with Crippen LogP contribution < -0.4 is 5.32 Å². The Morgan fingerprint density at radius 3 is 2.50 bits per heavy atom. The summed E-state index contributed by atoms with van der Waals surface area (Å²) in [6, 6.07) is 0. The molecule has 60 valence electrons. The molecule has 0 saturated carbocycles. The summed E-state index contributed by atoms with van der Waals surface area (Å²) in [4.78, 5) is 0. The second-order valence-electron chi connectivity index (χ2n) is 2.52. The van der Waals surface area contributed by atoms with E-state index in [1.165, 1.54) is 31.4 Å². The molecular formula is C9H19N. The molecule has 0 aromatic carbocycles. The van der Waals surface area contributed by atoms with Crippen LogP contribution in [0.15, 0.2) is 11.8 Å². The SMILES string of the molecule is C/C=C(/CCCCC)NC. The fourth-order valence-electron chi connectivity index (χ4n) is 0.979. The largest absolute Gasteiger partial charge is 0.392 e. The van der Waals surface area contributed by atoms with Gasteiger partial charge in [0.05, 0.1) is 0 Å². The van der Waals surface area contributed by atoms with Crippen LogP contribution in [0.2, 0.25) is 0 Å². The molecule has 0 fully saturated rings. The Bertz CT molecular complexity index is 94.9. The molecule has 1 N–H and O–H groups in total. The number of allylic oxidation sites excluding steroid dienone is 2. The molecule has 0 heterocycles. The van der Waals surface area contributed by atoms with Gasteiger partial charge in [0.1, 0.15) is 0 Å². The Kier molecular flexibility index (Phi) is 6.35. The maximum atomic E-state index is 3.17. The van der Waals surface area contributed by atoms with Crippen molar-refractivity contribution in [2.45, 2.75) is 39.5 Å². The number of unbranched alkanes of at least 4 members (excludes halogenated alkanes) is 2. The summed E-state index contributed by atoms with van der Waals surface area (Å²) in [7, 11) is 1.99. The average molecular weight is 141 g/mol. The van der Waals surface area contributed by atoms with Crippen LogP contribution in [0.1, 0.15) is 39.5 Å². The number of nitrogens with one attached hydrogen (secondary N) is 1. The first-order valence-corrected chi connectivity index (χ1v) is 4.18. The molecule has 0 unspecified atom stereocenters. The van der Waals surface area contributed by atoms with E-state index in [9.17, 15) is 0 Å². The van der Waals surface area contributed by atoms with Crippen LogP contribution >= 0.6 is 0 Å². The molecule has 0 aromatic heterocycles. The lowest BCUT2D eigenvalue weighted by atomic mass is 10.1. The van der Waals surface area contributed by atoms with Gasteiger partial charge in [0.2, 0.25) is 0 Å². The van der Waals surface area contributed by atoms with Crippen molar-refractivity contribution in [1.29, 1.82) is 0 Å². The van der Waals surface area contributed by atoms with Crippen LogP contribution in [-0.4, -0.2) is 7.05 Å². The third kappa shape index (κ3) is 4.42. The molecule has 0 bridgehead atoms. The van der Waals surface area contributed by atoms with E-state index in [1.807, 2.05) is 7.05 Å². The van der Waals surface area contributed by atoms with Crippen LogP contribution in [0, 0.1) is 0 Å². The van der Waals surface area contributed by atoms with Crippen molar-refractivity contribution in [2.75, 3.05) is 7.05 Å². The van der Waals surface area contributed by atoms with E-state index in [-0.39, 0.29) is 0 Å². The minimum absolute atomic E-state index is 1.21. The van der Waals surface area contributed by atoms with Gasteiger partial charge in [0.15, 0.2) is 0 Å². The van der Waals surface area contributed by atoms with Gasteiger partial charge in [-0.1, -0.05) is 25.8 Å². The van der Waals surface area contributed by atoms with E-state index in [1.54, 1.807) is 0 Å². The quantitative estimate of drug-likeness (QED) is 0.580. The van der Waals surface area contributed by atoms with Crippen LogP contribution in [0.4, 0.5) is 0 Å². The van der Waals surface area contributed by atoms with Crippen molar-refractivity contribution in [3.8, 4) is 0 Å². The lowest BCUT2D eigenvalue weighted by Gasteiger charge is -2.03. The lowest BCUT2D eigenvalue weighted by Crippen LogP contribution is -2.04. The molecule has 0 amide bonds. The highest BCUT2D eigenvalue weighted by Gasteiger charge is 1.90. The standard InChI is InChI=1S/C9H19N/c1-4-6-7-8-9(5-2)10-3/h5,10H,4,6-8H2,1-3H3/b9-5-. The van der Waals surface area contributed by atoms with Gasteiger partial charge in [-0.15, -0.1) is 0 Å². The Hall–Kier alpha value is -0.460. The lowest BCUT2D eigenvalue weighted by molar-refractivity contribution is 0.689. The van der Waals surface area contributed by atoms with Crippen molar-refractivity contribution in [2.24, 2.45) is 0 Å². The van der Waals surface area contributed by atoms with Crippen LogP contribution in [-0.2, 0) is 0 Å². The molecule has 0 atom stereocenters. The molecule has 0 aliphatic rings. The van der Waals surface area contributed by atoms with E-state index in [2.05, 4.69) is 25.2 Å². The monoisotopic (exact) mass is 141 g/mol. The Morgan fingerprint density at radius 2 is 2.10 bits per heavy atom. The molecule has 0 rings (SSSR count). The first-order chi connectivity index (χ1) is 4.85. The molecular weight excluding hydrogens is 122 g/mol.